The number of thiophene rings is 1. The summed E-state index contributed by atoms with van der Waals surface area (Å²) in [5, 5.41) is 21.7. The van der Waals surface area contributed by atoms with Crippen molar-refractivity contribution in [2.75, 3.05) is 26.2 Å². The Morgan fingerprint density at radius 1 is 1.00 bits per heavy atom. The van der Waals surface area contributed by atoms with Gasteiger partial charge in [0.2, 0.25) is 5.91 Å². The highest BCUT2D eigenvalue weighted by atomic mass is 35.5. The molecule has 180 valence electrons. The van der Waals surface area contributed by atoms with Crippen molar-refractivity contribution in [2.45, 2.75) is 25.7 Å². The molecule has 4 fully saturated rings. The fourth-order valence-corrected chi connectivity index (χ4v) is 7.46. The summed E-state index contributed by atoms with van der Waals surface area (Å²) in [5.74, 6) is -2.12. The molecule has 6 rings (SSSR count). The fourth-order valence-electron chi connectivity index (χ4n) is 5.95. The lowest BCUT2D eigenvalue weighted by atomic mass is 9.58. The molecular formula is C23H24ClN3O6S. The summed E-state index contributed by atoms with van der Waals surface area (Å²) in [6.07, 6.45) is 3.58. The summed E-state index contributed by atoms with van der Waals surface area (Å²) >= 11 is 7.56. The van der Waals surface area contributed by atoms with E-state index < -0.39 is 22.7 Å². The number of nitro groups is 1. The average Bonchev–Trinajstić information content (AvgIpc) is 3.19. The van der Waals surface area contributed by atoms with E-state index in [1.807, 2.05) is 0 Å². The molecule has 0 spiro atoms. The number of carboxylic acids is 1. The Labute approximate surface area is 204 Å². The molecule has 3 aliphatic carbocycles. The molecule has 0 unspecified atom stereocenters. The lowest BCUT2D eigenvalue weighted by Gasteiger charge is -2.48. The van der Waals surface area contributed by atoms with Gasteiger partial charge in [0.25, 0.3) is 11.6 Å². The van der Waals surface area contributed by atoms with Gasteiger partial charge in [0.05, 0.1) is 21.8 Å². The first-order valence-electron chi connectivity index (χ1n) is 11.4. The Balaban J connectivity index is 1.28. The van der Waals surface area contributed by atoms with E-state index in [0.29, 0.717) is 41.1 Å². The van der Waals surface area contributed by atoms with Crippen LogP contribution >= 0.6 is 22.9 Å². The van der Waals surface area contributed by atoms with Crippen LogP contribution in [0.15, 0.2) is 18.2 Å². The zero-order valence-electron chi connectivity index (χ0n) is 18.3. The Morgan fingerprint density at radius 2 is 1.59 bits per heavy atom. The summed E-state index contributed by atoms with van der Waals surface area (Å²) in [4.78, 5) is 52.7. The van der Waals surface area contributed by atoms with Gasteiger partial charge < -0.3 is 14.9 Å². The number of nitro benzene ring substituents is 1. The first kappa shape index (κ1) is 23.0. The quantitative estimate of drug-likeness (QED) is 0.497. The van der Waals surface area contributed by atoms with E-state index >= 15 is 0 Å². The minimum atomic E-state index is -0.874. The predicted molar refractivity (Wildman–Crippen MR) is 126 cm³/mol. The maximum absolute atomic E-state index is 13.3. The summed E-state index contributed by atoms with van der Waals surface area (Å²) in [6, 6.07) is 4.33. The highest BCUT2D eigenvalue weighted by Crippen LogP contribution is 2.49. The number of hydrogen-bond acceptors (Lipinski definition) is 6. The third-order valence-electron chi connectivity index (χ3n) is 7.69. The van der Waals surface area contributed by atoms with Crippen LogP contribution in [0.1, 0.15) is 35.4 Å². The summed E-state index contributed by atoms with van der Waals surface area (Å²) in [6.45, 7) is 1.35. The van der Waals surface area contributed by atoms with Crippen LogP contribution in [0.2, 0.25) is 5.02 Å². The van der Waals surface area contributed by atoms with Gasteiger partial charge in [0.1, 0.15) is 4.88 Å². The molecule has 3 saturated carbocycles. The zero-order valence-corrected chi connectivity index (χ0v) is 19.9. The number of carboxylic acid groups (broad SMARTS) is 1. The fraction of sp³-hybridized carbons (Fsp3) is 0.522. The minimum absolute atomic E-state index is 0.0624. The number of carbonyl (C=O) groups is 3. The molecule has 1 saturated heterocycles. The summed E-state index contributed by atoms with van der Waals surface area (Å²) < 4.78 is 0.573. The molecule has 11 heteroatoms. The highest BCUT2D eigenvalue weighted by molar-refractivity contribution is 7.21. The largest absolute Gasteiger partial charge is 0.481 e. The SMILES string of the molecule is O=C(O)[C@@H]1C2CCC(CC2)[C@H]1C(=O)N1CCN(C(=O)c2sc3cc([N+](=O)[O-])ccc3c2Cl)CC1. The molecule has 2 bridgehead atoms. The van der Waals surface area contributed by atoms with Crippen LogP contribution in [0, 0.1) is 33.8 Å². The topological polar surface area (TPSA) is 121 Å². The first-order valence-corrected chi connectivity index (χ1v) is 12.6. The molecule has 1 N–H and O–H groups in total. The number of nitrogens with zero attached hydrogens (tertiary/aromatic N) is 3. The summed E-state index contributed by atoms with van der Waals surface area (Å²) in [5.41, 5.74) is -0.0624. The average molecular weight is 506 g/mol. The number of piperazine rings is 1. The van der Waals surface area contributed by atoms with Gasteiger partial charge in [0, 0.05) is 48.4 Å². The van der Waals surface area contributed by atoms with E-state index in [9.17, 15) is 29.6 Å². The number of aliphatic carboxylic acids is 1. The van der Waals surface area contributed by atoms with E-state index in [-0.39, 0.29) is 34.4 Å². The van der Waals surface area contributed by atoms with Crippen LogP contribution in [0.5, 0.6) is 0 Å². The van der Waals surface area contributed by atoms with Crippen LogP contribution < -0.4 is 0 Å². The normalized spacial score (nSPS) is 26.6. The van der Waals surface area contributed by atoms with E-state index in [4.69, 9.17) is 11.6 Å². The molecule has 0 radical (unpaired) electrons. The number of amides is 2. The van der Waals surface area contributed by atoms with Gasteiger partial charge in [-0.05, 0) is 43.6 Å². The Hall–Kier alpha value is -2.72. The van der Waals surface area contributed by atoms with Crippen molar-refractivity contribution in [3.63, 3.8) is 0 Å². The number of carbonyl (C=O) groups excluding carboxylic acids is 2. The molecule has 2 heterocycles. The van der Waals surface area contributed by atoms with E-state index in [1.54, 1.807) is 15.9 Å². The molecule has 4 aliphatic rings. The number of rotatable bonds is 4. The molecular weight excluding hydrogens is 482 g/mol. The maximum atomic E-state index is 13.3. The van der Waals surface area contributed by atoms with Gasteiger partial charge in [-0.1, -0.05) is 11.6 Å². The Bertz CT molecular complexity index is 1180. The molecule has 9 nitrogen and oxygen atoms in total. The zero-order chi connectivity index (χ0) is 24.1. The van der Waals surface area contributed by atoms with Gasteiger partial charge in [-0.25, -0.2) is 0 Å². The second-order valence-corrected chi connectivity index (χ2v) is 10.8. The van der Waals surface area contributed by atoms with Gasteiger partial charge in [-0.2, -0.15) is 0 Å². The van der Waals surface area contributed by atoms with E-state index in [1.165, 1.54) is 12.1 Å². The third kappa shape index (κ3) is 3.82. The first-order chi connectivity index (χ1) is 16.3. The summed E-state index contributed by atoms with van der Waals surface area (Å²) in [7, 11) is 0. The Kier molecular flexibility index (Phi) is 5.97. The standard InChI is InChI=1S/C23H24ClN3O6S/c24-19-15-6-5-14(27(32)33)11-16(15)34-20(19)22(29)26-9-7-25(8-10-26)21(28)17-12-1-3-13(4-2-12)18(17)23(30)31/h5-6,11-13,17-18H,1-4,7-10H2,(H,30,31)/t12?,13?,17-,18-/m1/s1. The maximum Gasteiger partial charge on any atom is 0.307 e. The Morgan fingerprint density at radius 3 is 2.18 bits per heavy atom. The van der Waals surface area contributed by atoms with Crippen LogP contribution in [0.3, 0.4) is 0 Å². The van der Waals surface area contributed by atoms with Crippen molar-refractivity contribution in [1.29, 1.82) is 0 Å². The van der Waals surface area contributed by atoms with Crippen molar-refractivity contribution < 1.29 is 24.4 Å². The van der Waals surface area contributed by atoms with Gasteiger partial charge in [-0.15, -0.1) is 11.3 Å². The van der Waals surface area contributed by atoms with E-state index in [0.717, 1.165) is 37.0 Å². The second kappa shape index (κ2) is 8.81. The van der Waals surface area contributed by atoms with Gasteiger partial charge in [0.15, 0.2) is 0 Å². The van der Waals surface area contributed by atoms with Crippen LogP contribution in [0.25, 0.3) is 10.1 Å². The smallest absolute Gasteiger partial charge is 0.307 e. The predicted octanol–water partition coefficient (Wildman–Crippen LogP) is 3.88. The molecule has 34 heavy (non-hydrogen) atoms. The lowest BCUT2D eigenvalue weighted by molar-refractivity contribution is -0.384. The molecule has 1 aromatic carbocycles. The molecule has 2 atom stereocenters. The van der Waals surface area contributed by atoms with Crippen molar-refractivity contribution >= 4 is 56.5 Å². The van der Waals surface area contributed by atoms with Gasteiger partial charge >= 0.3 is 5.97 Å². The van der Waals surface area contributed by atoms with Crippen LogP contribution in [0.4, 0.5) is 5.69 Å². The second-order valence-electron chi connectivity index (χ2n) is 9.36. The van der Waals surface area contributed by atoms with Crippen LogP contribution in [-0.2, 0) is 9.59 Å². The number of hydrogen-bond donors (Lipinski definition) is 1. The van der Waals surface area contributed by atoms with Crippen LogP contribution in [-0.4, -0.2) is 63.8 Å². The number of halogens is 1. The third-order valence-corrected chi connectivity index (χ3v) is 9.33. The number of fused-ring (bicyclic) bond motifs is 4. The lowest BCUT2D eigenvalue weighted by Crippen LogP contribution is -2.56. The molecule has 2 aromatic rings. The highest BCUT2D eigenvalue weighted by Gasteiger charge is 2.51. The molecule has 1 aromatic heterocycles. The monoisotopic (exact) mass is 505 g/mol. The number of benzene rings is 1. The molecule has 1 aliphatic heterocycles. The van der Waals surface area contributed by atoms with Crippen molar-refractivity contribution in [1.82, 2.24) is 9.80 Å². The van der Waals surface area contributed by atoms with Crippen molar-refractivity contribution in [2.24, 2.45) is 23.7 Å². The van der Waals surface area contributed by atoms with Crippen molar-refractivity contribution in [3.8, 4) is 0 Å². The minimum Gasteiger partial charge on any atom is -0.481 e. The van der Waals surface area contributed by atoms with Gasteiger partial charge in [-0.3, -0.25) is 24.5 Å². The van der Waals surface area contributed by atoms with Crippen molar-refractivity contribution in [3.05, 3.63) is 38.2 Å². The molecule has 2 amide bonds. The number of non-ortho nitro benzene ring substituents is 1. The van der Waals surface area contributed by atoms with E-state index in [2.05, 4.69) is 0 Å².